The number of ether oxygens (including phenoxy) is 1. The molecule has 0 saturated carbocycles. The molecule has 0 heterocycles. The molecular formula is C10H13NO. The van der Waals surface area contributed by atoms with Crippen LogP contribution in [0.3, 0.4) is 0 Å². The van der Waals surface area contributed by atoms with E-state index in [9.17, 15) is 0 Å². The zero-order valence-corrected chi connectivity index (χ0v) is 7.45. The van der Waals surface area contributed by atoms with Crippen LogP contribution < -0.4 is 4.74 Å². The van der Waals surface area contributed by atoms with Crippen LogP contribution in [0.5, 0.6) is 5.75 Å². The first-order valence-corrected chi connectivity index (χ1v) is 3.78. The maximum absolute atomic E-state index is 6.50. The molecule has 0 spiro atoms. The molecule has 1 aromatic carbocycles. The Morgan fingerprint density at radius 3 is 2.17 bits per heavy atom. The molecule has 0 aliphatic heterocycles. The summed E-state index contributed by atoms with van der Waals surface area (Å²) in [4.78, 5) is 0. The van der Waals surface area contributed by atoms with Gasteiger partial charge in [0.05, 0.1) is 6.61 Å². The van der Waals surface area contributed by atoms with Crippen molar-refractivity contribution in [2.45, 2.75) is 13.8 Å². The van der Waals surface area contributed by atoms with Crippen molar-refractivity contribution >= 4 is 0 Å². The Bertz CT molecular complexity index is 225. The fourth-order valence-electron chi connectivity index (χ4n) is 0.801. The van der Waals surface area contributed by atoms with Crippen molar-refractivity contribution in [3.63, 3.8) is 0 Å². The monoisotopic (exact) mass is 163 g/mol. The van der Waals surface area contributed by atoms with E-state index in [2.05, 4.69) is 13.5 Å². The molecule has 0 bridgehead atoms. The van der Waals surface area contributed by atoms with Crippen molar-refractivity contribution < 1.29 is 4.74 Å². The molecule has 1 aromatic rings. The maximum atomic E-state index is 6.50. The molecule has 1 rings (SSSR count). The lowest BCUT2D eigenvalue weighted by atomic mass is 10.2. The molecule has 0 atom stereocenters. The number of hydrogen-bond donors (Lipinski definition) is 0. The zero-order valence-electron chi connectivity index (χ0n) is 7.45. The van der Waals surface area contributed by atoms with E-state index in [1.165, 1.54) is 5.56 Å². The summed E-state index contributed by atoms with van der Waals surface area (Å²) >= 11 is 0. The summed E-state index contributed by atoms with van der Waals surface area (Å²) < 4.78 is 5.26. The quantitative estimate of drug-likeness (QED) is 0.671. The van der Waals surface area contributed by atoms with Gasteiger partial charge in [0.1, 0.15) is 5.75 Å². The molecule has 0 fully saturated rings. The number of nitrogens with zero attached hydrogens (tertiary/aromatic N) is 1. The van der Waals surface area contributed by atoms with Crippen LogP contribution in [0.1, 0.15) is 12.5 Å². The summed E-state index contributed by atoms with van der Waals surface area (Å²) in [6.45, 7) is 8.29. The number of hydrogen-bond acceptors (Lipinski definition) is 2. The van der Waals surface area contributed by atoms with Gasteiger partial charge in [-0.3, -0.25) is 0 Å². The highest BCUT2D eigenvalue weighted by molar-refractivity contribution is 5.26. The average molecular weight is 163 g/mol. The predicted molar refractivity (Wildman–Crippen MR) is 49.0 cm³/mol. The molecular weight excluding hydrogens is 150 g/mol. The highest BCUT2D eigenvalue weighted by Crippen LogP contribution is 2.10. The number of aryl methyl sites for hydroxylation is 1. The van der Waals surface area contributed by atoms with Gasteiger partial charge in [0.15, 0.2) is 0 Å². The lowest BCUT2D eigenvalue weighted by Gasteiger charge is -2.01. The maximum Gasteiger partial charge on any atom is 0.119 e. The van der Waals surface area contributed by atoms with Gasteiger partial charge in [0, 0.05) is 6.57 Å². The minimum absolute atomic E-state index is 0.739. The summed E-state index contributed by atoms with van der Waals surface area (Å²) in [5.74, 6) is 0.952. The molecule has 0 aromatic heterocycles. The van der Waals surface area contributed by atoms with E-state index in [0.29, 0.717) is 0 Å². The third-order valence-electron chi connectivity index (χ3n) is 1.33. The summed E-state index contributed by atoms with van der Waals surface area (Å²) in [5.41, 5.74) is 1.27. The van der Waals surface area contributed by atoms with Crippen molar-refractivity contribution in [1.29, 1.82) is 5.26 Å². The first-order chi connectivity index (χ1) is 5.83. The van der Waals surface area contributed by atoms with Crippen molar-refractivity contribution in [3.8, 4) is 12.3 Å². The molecule has 0 aliphatic rings. The molecule has 0 amide bonds. The van der Waals surface area contributed by atoms with E-state index in [1.807, 2.05) is 31.2 Å². The Balaban J connectivity index is 0.000000561. The van der Waals surface area contributed by atoms with Crippen LogP contribution in [0.15, 0.2) is 24.3 Å². The molecule has 0 N–H and O–H groups in total. The van der Waals surface area contributed by atoms with Crippen molar-refractivity contribution in [1.82, 2.24) is 0 Å². The Morgan fingerprint density at radius 1 is 1.25 bits per heavy atom. The molecule has 0 aliphatic carbocycles. The first-order valence-electron chi connectivity index (χ1n) is 3.78. The molecule has 2 nitrogen and oxygen atoms in total. The predicted octanol–water partition coefficient (Wildman–Crippen LogP) is 2.53. The molecule has 0 radical (unpaired) electrons. The Hall–Kier alpha value is -1.49. The van der Waals surface area contributed by atoms with E-state index >= 15 is 0 Å². The third kappa shape index (κ3) is 3.62. The molecule has 2 heteroatoms. The van der Waals surface area contributed by atoms with Crippen LogP contribution in [0.2, 0.25) is 0 Å². The van der Waals surface area contributed by atoms with Gasteiger partial charge in [-0.15, -0.1) is 0 Å². The standard InChI is InChI=1S/C9H12O.CHN/c1-3-10-9-6-4-8(2)5-7-9;1-2/h4-7H,3H2,1-2H3;1H. The second-order valence-corrected chi connectivity index (χ2v) is 2.25. The van der Waals surface area contributed by atoms with Gasteiger partial charge in [-0.1, -0.05) is 17.7 Å². The Labute approximate surface area is 73.4 Å². The Morgan fingerprint density at radius 2 is 1.75 bits per heavy atom. The van der Waals surface area contributed by atoms with Gasteiger partial charge in [-0.2, -0.15) is 0 Å². The lowest BCUT2D eigenvalue weighted by molar-refractivity contribution is 0.340. The molecule has 64 valence electrons. The van der Waals surface area contributed by atoms with Gasteiger partial charge in [-0.25, -0.2) is 5.26 Å². The van der Waals surface area contributed by atoms with Gasteiger partial charge in [0.2, 0.25) is 0 Å². The minimum Gasteiger partial charge on any atom is -0.494 e. The van der Waals surface area contributed by atoms with E-state index in [1.54, 1.807) is 0 Å². The van der Waals surface area contributed by atoms with E-state index < -0.39 is 0 Å². The molecule has 12 heavy (non-hydrogen) atoms. The van der Waals surface area contributed by atoms with Crippen LogP contribution >= 0.6 is 0 Å². The minimum atomic E-state index is 0.739. The summed E-state index contributed by atoms with van der Waals surface area (Å²) in [6.07, 6.45) is 0. The first kappa shape index (κ1) is 10.5. The Kier molecular flexibility index (Phi) is 5.46. The van der Waals surface area contributed by atoms with Gasteiger partial charge in [0.25, 0.3) is 0 Å². The average Bonchev–Trinajstić information content (AvgIpc) is 2.13. The fraction of sp³-hybridized carbons (Fsp3) is 0.300. The molecule has 0 saturated heterocycles. The largest absolute Gasteiger partial charge is 0.494 e. The zero-order chi connectivity index (χ0) is 9.40. The third-order valence-corrected chi connectivity index (χ3v) is 1.33. The van der Waals surface area contributed by atoms with Crippen LogP contribution in [0.25, 0.3) is 0 Å². The van der Waals surface area contributed by atoms with E-state index in [-0.39, 0.29) is 0 Å². The summed E-state index contributed by atoms with van der Waals surface area (Å²) in [5, 5.41) is 6.50. The summed E-state index contributed by atoms with van der Waals surface area (Å²) in [7, 11) is 0. The number of benzene rings is 1. The normalized spacial score (nSPS) is 8.00. The summed E-state index contributed by atoms with van der Waals surface area (Å²) in [6, 6.07) is 8.06. The van der Waals surface area contributed by atoms with Gasteiger partial charge < -0.3 is 4.74 Å². The smallest absolute Gasteiger partial charge is 0.119 e. The fourth-order valence-corrected chi connectivity index (χ4v) is 0.801. The van der Waals surface area contributed by atoms with Crippen LogP contribution in [0.4, 0.5) is 0 Å². The van der Waals surface area contributed by atoms with Crippen LogP contribution in [0, 0.1) is 18.8 Å². The highest BCUT2D eigenvalue weighted by atomic mass is 16.5. The second-order valence-electron chi connectivity index (χ2n) is 2.25. The van der Waals surface area contributed by atoms with Crippen molar-refractivity contribution in [2.75, 3.05) is 6.61 Å². The van der Waals surface area contributed by atoms with Crippen LogP contribution in [-0.4, -0.2) is 6.61 Å². The van der Waals surface area contributed by atoms with Crippen LogP contribution in [-0.2, 0) is 0 Å². The highest BCUT2D eigenvalue weighted by Gasteiger charge is 1.87. The number of rotatable bonds is 2. The molecule has 0 unspecified atom stereocenters. The second kappa shape index (κ2) is 6.23. The SMILES string of the molecule is C#N.CCOc1ccc(C)cc1. The van der Waals surface area contributed by atoms with Gasteiger partial charge >= 0.3 is 0 Å². The number of nitriles is 1. The van der Waals surface area contributed by atoms with E-state index in [4.69, 9.17) is 10.00 Å². The van der Waals surface area contributed by atoms with E-state index in [0.717, 1.165) is 12.4 Å². The topological polar surface area (TPSA) is 33.0 Å². The van der Waals surface area contributed by atoms with Crippen molar-refractivity contribution in [2.24, 2.45) is 0 Å². The van der Waals surface area contributed by atoms with Gasteiger partial charge in [-0.05, 0) is 26.0 Å². The van der Waals surface area contributed by atoms with Crippen molar-refractivity contribution in [3.05, 3.63) is 29.8 Å². The lowest BCUT2D eigenvalue weighted by Crippen LogP contribution is -1.90.